The summed E-state index contributed by atoms with van der Waals surface area (Å²) in [5.74, 6) is 0.782. The molecule has 1 unspecified atom stereocenters. The highest BCUT2D eigenvalue weighted by Crippen LogP contribution is 2.18. The van der Waals surface area contributed by atoms with Gasteiger partial charge in [-0.1, -0.05) is 6.07 Å². The van der Waals surface area contributed by atoms with Crippen LogP contribution in [0.25, 0.3) is 0 Å². The molecule has 1 aliphatic rings. The fraction of sp³-hybridized carbons (Fsp3) is 0.417. The first-order chi connectivity index (χ1) is 8.94. The Bertz CT molecular complexity index is 572. The van der Waals surface area contributed by atoms with Crippen LogP contribution >= 0.6 is 12.2 Å². The van der Waals surface area contributed by atoms with Gasteiger partial charge in [-0.05, 0) is 36.7 Å². The van der Waals surface area contributed by atoms with E-state index in [4.69, 9.17) is 12.2 Å². The molecule has 0 aromatic heterocycles. The van der Waals surface area contributed by atoms with Crippen LogP contribution in [0.2, 0.25) is 0 Å². The van der Waals surface area contributed by atoms with Crippen molar-refractivity contribution in [3.05, 3.63) is 24.3 Å². The van der Waals surface area contributed by atoms with Crippen molar-refractivity contribution in [1.29, 1.82) is 0 Å². The lowest BCUT2D eigenvalue weighted by atomic mass is 10.1. The fourth-order valence-electron chi connectivity index (χ4n) is 2.03. The number of phenolic OH excluding ortho intramolecular Hbond substituents is 1. The smallest absolute Gasteiger partial charge is 0.170 e. The molecule has 0 bridgehead atoms. The van der Waals surface area contributed by atoms with E-state index in [2.05, 4.69) is 10.6 Å². The van der Waals surface area contributed by atoms with E-state index in [1.807, 2.05) is 0 Å². The standard InChI is InChI=1S/C12H16N2O3S2/c15-11-3-1-2-10(6-11)14-12(18)13-7-9-4-5-19(16,17)8-9/h1-3,6,9,15H,4-5,7-8H2,(H2,13,14,18). The molecule has 0 saturated carbocycles. The van der Waals surface area contributed by atoms with Crippen LogP contribution in [0.4, 0.5) is 5.69 Å². The van der Waals surface area contributed by atoms with Crippen molar-refractivity contribution < 1.29 is 13.5 Å². The first kappa shape index (κ1) is 14.1. The summed E-state index contributed by atoms with van der Waals surface area (Å²) in [6, 6.07) is 6.64. The van der Waals surface area contributed by atoms with E-state index in [9.17, 15) is 13.5 Å². The number of aromatic hydroxyl groups is 1. The Morgan fingerprint density at radius 1 is 1.47 bits per heavy atom. The van der Waals surface area contributed by atoms with Crippen LogP contribution in [0.1, 0.15) is 6.42 Å². The third-order valence-electron chi connectivity index (χ3n) is 2.98. The predicted octanol–water partition coefficient (Wildman–Crippen LogP) is 1.11. The molecule has 5 nitrogen and oxygen atoms in total. The van der Waals surface area contributed by atoms with Crippen molar-refractivity contribution in [1.82, 2.24) is 5.32 Å². The number of sulfone groups is 1. The molecule has 0 radical (unpaired) electrons. The van der Waals surface area contributed by atoms with E-state index in [1.54, 1.807) is 24.3 Å². The summed E-state index contributed by atoms with van der Waals surface area (Å²) in [6.07, 6.45) is 0.685. The van der Waals surface area contributed by atoms with Gasteiger partial charge in [-0.15, -0.1) is 0 Å². The summed E-state index contributed by atoms with van der Waals surface area (Å²) in [7, 11) is -2.84. The van der Waals surface area contributed by atoms with E-state index in [1.165, 1.54) is 0 Å². The molecular formula is C12H16N2O3S2. The summed E-state index contributed by atoms with van der Waals surface area (Å²) >= 11 is 5.12. The zero-order chi connectivity index (χ0) is 13.9. The van der Waals surface area contributed by atoms with Crippen molar-refractivity contribution >= 4 is 32.9 Å². The largest absolute Gasteiger partial charge is 0.508 e. The molecule has 1 fully saturated rings. The van der Waals surface area contributed by atoms with Gasteiger partial charge in [0.1, 0.15) is 5.75 Å². The Morgan fingerprint density at radius 3 is 2.89 bits per heavy atom. The second kappa shape index (κ2) is 5.75. The molecule has 0 aliphatic carbocycles. The van der Waals surface area contributed by atoms with Gasteiger partial charge in [0, 0.05) is 18.3 Å². The zero-order valence-electron chi connectivity index (χ0n) is 10.3. The van der Waals surface area contributed by atoms with Crippen molar-refractivity contribution in [2.45, 2.75) is 6.42 Å². The summed E-state index contributed by atoms with van der Waals surface area (Å²) in [5.41, 5.74) is 0.691. The third-order valence-corrected chi connectivity index (χ3v) is 5.07. The van der Waals surface area contributed by atoms with E-state index in [-0.39, 0.29) is 23.2 Å². The van der Waals surface area contributed by atoms with E-state index in [0.29, 0.717) is 23.8 Å². The summed E-state index contributed by atoms with van der Waals surface area (Å²) in [5, 5.41) is 15.7. The maximum atomic E-state index is 11.3. The Balaban J connectivity index is 1.79. The minimum Gasteiger partial charge on any atom is -0.508 e. The summed E-state index contributed by atoms with van der Waals surface area (Å²) in [6.45, 7) is 0.546. The van der Waals surface area contributed by atoms with Crippen molar-refractivity contribution in [2.75, 3.05) is 23.4 Å². The predicted molar refractivity (Wildman–Crippen MR) is 79.1 cm³/mol. The molecular weight excluding hydrogens is 284 g/mol. The molecule has 1 aliphatic heterocycles. The fourth-order valence-corrected chi connectivity index (χ4v) is 4.09. The summed E-state index contributed by atoms with van der Waals surface area (Å²) in [4.78, 5) is 0. The molecule has 1 heterocycles. The molecule has 2 rings (SSSR count). The van der Waals surface area contributed by atoms with Gasteiger partial charge in [0.15, 0.2) is 14.9 Å². The first-order valence-electron chi connectivity index (χ1n) is 5.99. The van der Waals surface area contributed by atoms with E-state index < -0.39 is 9.84 Å². The quantitative estimate of drug-likeness (QED) is 0.726. The average molecular weight is 300 g/mol. The normalized spacial score (nSPS) is 20.9. The van der Waals surface area contributed by atoms with Crippen LogP contribution in [0, 0.1) is 5.92 Å². The highest BCUT2D eigenvalue weighted by atomic mass is 32.2. The number of anilines is 1. The number of hydrogen-bond donors (Lipinski definition) is 3. The average Bonchev–Trinajstić information content (AvgIpc) is 2.66. The van der Waals surface area contributed by atoms with Gasteiger partial charge in [-0.3, -0.25) is 0 Å². The van der Waals surface area contributed by atoms with Crippen LogP contribution < -0.4 is 10.6 Å². The van der Waals surface area contributed by atoms with Crippen LogP contribution in [0.15, 0.2) is 24.3 Å². The third kappa shape index (κ3) is 4.36. The maximum absolute atomic E-state index is 11.3. The Kier molecular flexibility index (Phi) is 4.26. The Labute approximate surface area is 117 Å². The number of nitrogens with one attached hydrogen (secondary N) is 2. The lowest BCUT2D eigenvalue weighted by Gasteiger charge is -2.13. The van der Waals surface area contributed by atoms with Crippen molar-refractivity contribution in [3.63, 3.8) is 0 Å². The van der Waals surface area contributed by atoms with Crippen molar-refractivity contribution in [3.8, 4) is 5.75 Å². The monoisotopic (exact) mass is 300 g/mol. The molecule has 19 heavy (non-hydrogen) atoms. The Morgan fingerprint density at radius 2 is 2.26 bits per heavy atom. The molecule has 104 valence electrons. The second-order valence-corrected chi connectivity index (χ2v) is 7.29. The molecule has 7 heteroatoms. The van der Waals surface area contributed by atoms with Crippen LogP contribution in [-0.2, 0) is 9.84 Å². The number of rotatable bonds is 3. The van der Waals surface area contributed by atoms with Gasteiger partial charge in [-0.25, -0.2) is 8.42 Å². The SMILES string of the molecule is O=S1(=O)CCC(CNC(=S)Nc2cccc(O)c2)C1. The molecule has 1 saturated heterocycles. The number of hydrogen-bond acceptors (Lipinski definition) is 4. The minimum absolute atomic E-state index is 0.119. The molecule has 0 amide bonds. The topological polar surface area (TPSA) is 78.4 Å². The van der Waals surface area contributed by atoms with Gasteiger partial charge < -0.3 is 15.7 Å². The van der Waals surface area contributed by atoms with Gasteiger partial charge >= 0.3 is 0 Å². The lowest BCUT2D eigenvalue weighted by Crippen LogP contribution is -2.33. The highest BCUT2D eigenvalue weighted by Gasteiger charge is 2.27. The second-order valence-electron chi connectivity index (χ2n) is 4.65. The molecule has 0 spiro atoms. The number of phenols is 1. The van der Waals surface area contributed by atoms with Crippen molar-refractivity contribution in [2.24, 2.45) is 5.92 Å². The van der Waals surface area contributed by atoms with Crippen LogP contribution in [0.5, 0.6) is 5.75 Å². The highest BCUT2D eigenvalue weighted by molar-refractivity contribution is 7.91. The summed E-state index contributed by atoms with van der Waals surface area (Å²) < 4.78 is 22.6. The van der Waals surface area contributed by atoms with E-state index in [0.717, 1.165) is 0 Å². The lowest BCUT2D eigenvalue weighted by molar-refractivity contribution is 0.475. The maximum Gasteiger partial charge on any atom is 0.170 e. The van der Waals surface area contributed by atoms with Crippen LogP contribution in [0.3, 0.4) is 0 Å². The number of benzene rings is 1. The molecule has 1 aromatic carbocycles. The molecule has 3 N–H and O–H groups in total. The molecule has 1 aromatic rings. The van der Waals surface area contributed by atoms with Gasteiger partial charge in [0.05, 0.1) is 11.5 Å². The Hall–Kier alpha value is -1.34. The molecule has 1 atom stereocenters. The van der Waals surface area contributed by atoms with E-state index >= 15 is 0 Å². The van der Waals surface area contributed by atoms with Gasteiger partial charge in [0.25, 0.3) is 0 Å². The minimum atomic E-state index is -2.84. The number of thiocarbonyl (C=S) groups is 1. The van der Waals surface area contributed by atoms with Crippen LogP contribution in [-0.4, -0.2) is 36.7 Å². The zero-order valence-corrected chi connectivity index (χ0v) is 11.9. The first-order valence-corrected chi connectivity index (χ1v) is 8.22. The van der Waals surface area contributed by atoms with Gasteiger partial charge in [0.2, 0.25) is 0 Å². The van der Waals surface area contributed by atoms with Gasteiger partial charge in [-0.2, -0.15) is 0 Å².